The summed E-state index contributed by atoms with van der Waals surface area (Å²) in [6.07, 6.45) is 3.30. The SMILES string of the molecule is CCn1cc(-c2nc(NC)nc(C)c2[N+](=O)[O-])cn1. The zero-order chi connectivity index (χ0) is 14.0. The van der Waals surface area contributed by atoms with Crippen molar-refractivity contribution in [2.75, 3.05) is 12.4 Å². The number of hydrogen-bond donors (Lipinski definition) is 1. The van der Waals surface area contributed by atoms with Gasteiger partial charge < -0.3 is 5.32 Å². The number of aromatic nitrogens is 4. The van der Waals surface area contributed by atoms with Crippen LogP contribution in [0.3, 0.4) is 0 Å². The van der Waals surface area contributed by atoms with E-state index in [-0.39, 0.29) is 11.4 Å². The van der Waals surface area contributed by atoms with Crippen molar-refractivity contribution in [3.63, 3.8) is 0 Å². The topological polar surface area (TPSA) is 98.8 Å². The maximum Gasteiger partial charge on any atom is 0.316 e. The average Bonchev–Trinajstić information content (AvgIpc) is 2.85. The number of nitro groups is 1. The van der Waals surface area contributed by atoms with Gasteiger partial charge in [0.05, 0.1) is 11.1 Å². The van der Waals surface area contributed by atoms with Gasteiger partial charge in [-0.1, -0.05) is 0 Å². The van der Waals surface area contributed by atoms with E-state index in [4.69, 9.17) is 0 Å². The molecule has 0 fully saturated rings. The molecule has 0 unspecified atom stereocenters. The first-order valence-corrected chi connectivity index (χ1v) is 5.80. The van der Waals surface area contributed by atoms with Gasteiger partial charge in [0, 0.05) is 25.4 Å². The number of hydrogen-bond acceptors (Lipinski definition) is 6. The molecule has 0 aliphatic rings. The molecule has 2 aromatic heterocycles. The molecule has 0 atom stereocenters. The second-order valence-electron chi connectivity index (χ2n) is 3.92. The fraction of sp³-hybridized carbons (Fsp3) is 0.364. The minimum atomic E-state index is -0.465. The standard InChI is InChI=1S/C11H14N6O2/c1-4-16-6-8(5-13-16)9-10(17(18)19)7(2)14-11(12-3)15-9/h5-6H,4H2,1-3H3,(H,12,14,15). The molecule has 0 aliphatic carbocycles. The van der Waals surface area contributed by atoms with E-state index in [0.717, 1.165) is 0 Å². The van der Waals surface area contributed by atoms with Gasteiger partial charge in [-0.25, -0.2) is 9.97 Å². The lowest BCUT2D eigenvalue weighted by molar-refractivity contribution is -0.385. The number of nitrogens with one attached hydrogen (secondary N) is 1. The lowest BCUT2D eigenvalue weighted by Gasteiger charge is -2.05. The zero-order valence-corrected chi connectivity index (χ0v) is 10.9. The summed E-state index contributed by atoms with van der Waals surface area (Å²) in [6, 6.07) is 0. The second kappa shape index (κ2) is 5.01. The molecule has 0 radical (unpaired) electrons. The molecule has 8 nitrogen and oxygen atoms in total. The Balaban J connectivity index is 2.65. The van der Waals surface area contributed by atoms with Crippen molar-refractivity contribution in [1.29, 1.82) is 0 Å². The molecule has 0 saturated carbocycles. The molecular formula is C11H14N6O2. The van der Waals surface area contributed by atoms with E-state index in [1.165, 1.54) is 0 Å². The summed E-state index contributed by atoms with van der Waals surface area (Å²) in [5.41, 5.74) is 1.12. The first-order valence-electron chi connectivity index (χ1n) is 5.80. The van der Waals surface area contributed by atoms with E-state index in [0.29, 0.717) is 23.8 Å². The molecule has 19 heavy (non-hydrogen) atoms. The molecule has 2 aromatic rings. The summed E-state index contributed by atoms with van der Waals surface area (Å²) in [5.74, 6) is 0.349. The fourth-order valence-electron chi connectivity index (χ4n) is 1.76. The van der Waals surface area contributed by atoms with Crippen LogP contribution in [0.2, 0.25) is 0 Å². The molecule has 0 amide bonds. The molecule has 0 bridgehead atoms. The van der Waals surface area contributed by atoms with Gasteiger partial charge in [-0.05, 0) is 13.8 Å². The molecular weight excluding hydrogens is 248 g/mol. The minimum Gasteiger partial charge on any atom is -0.357 e. The van der Waals surface area contributed by atoms with E-state index in [9.17, 15) is 10.1 Å². The van der Waals surface area contributed by atoms with E-state index in [1.54, 1.807) is 31.0 Å². The van der Waals surface area contributed by atoms with Crippen LogP contribution in [0, 0.1) is 17.0 Å². The van der Waals surface area contributed by atoms with Gasteiger partial charge in [-0.3, -0.25) is 14.8 Å². The summed E-state index contributed by atoms with van der Waals surface area (Å²) < 4.78 is 1.69. The molecule has 0 spiro atoms. The van der Waals surface area contributed by atoms with Crippen molar-refractivity contribution < 1.29 is 4.92 Å². The first kappa shape index (κ1) is 12.9. The monoisotopic (exact) mass is 262 g/mol. The summed E-state index contributed by atoms with van der Waals surface area (Å²) in [6.45, 7) is 4.22. The van der Waals surface area contributed by atoms with Crippen LogP contribution in [0.15, 0.2) is 12.4 Å². The number of rotatable bonds is 4. The van der Waals surface area contributed by atoms with Crippen molar-refractivity contribution >= 4 is 11.6 Å². The predicted molar refractivity (Wildman–Crippen MR) is 69.9 cm³/mol. The van der Waals surface area contributed by atoms with Crippen LogP contribution in [-0.2, 0) is 6.54 Å². The summed E-state index contributed by atoms with van der Waals surface area (Å²) >= 11 is 0. The molecule has 100 valence electrons. The Hall–Kier alpha value is -2.51. The van der Waals surface area contributed by atoms with E-state index in [2.05, 4.69) is 20.4 Å². The molecule has 8 heteroatoms. The molecule has 0 aliphatic heterocycles. The highest BCUT2D eigenvalue weighted by atomic mass is 16.6. The van der Waals surface area contributed by atoms with Gasteiger partial charge in [0.15, 0.2) is 5.69 Å². The number of nitrogens with zero attached hydrogens (tertiary/aromatic N) is 5. The normalized spacial score (nSPS) is 10.5. The van der Waals surface area contributed by atoms with Crippen LogP contribution in [-0.4, -0.2) is 31.7 Å². The van der Waals surface area contributed by atoms with E-state index in [1.807, 2.05) is 6.92 Å². The lowest BCUT2D eigenvalue weighted by Crippen LogP contribution is -2.04. The predicted octanol–water partition coefficient (Wildman–Crippen LogP) is 1.62. The molecule has 2 heterocycles. The van der Waals surface area contributed by atoms with Gasteiger partial charge in [0.1, 0.15) is 5.69 Å². The van der Waals surface area contributed by atoms with Crippen LogP contribution in [0.5, 0.6) is 0 Å². The van der Waals surface area contributed by atoms with Crippen molar-refractivity contribution in [2.45, 2.75) is 20.4 Å². The quantitative estimate of drug-likeness (QED) is 0.664. The van der Waals surface area contributed by atoms with E-state index < -0.39 is 4.92 Å². The summed E-state index contributed by atoms with van der Waals surface area (Å²) in [4.78, 5) is 18.9. The van der Waals surface area contributed by atoms with Gasteiger partial charge in [0.25, 0.3) is 0 Å². The van der Waals surface area contributed by atoms with Crippen LogP contribution in [0.25, 0.3) is 11.3 Å². The molecule has 0 saturated heterocycles. The minimum absolute atomic E-state index is 0.0883. The van der Waals surface area contributed by atoms with Gasteiger partial charge in [0.2, 0.25) is 5.95 Å². The van der Waals surface area contributed by atoms with Gasteiger partial charge in [-0.15, -0.1) is 0 Å². The fourth-order valence-corrected chi connectivity index (χ4v) is 1.76. The maximum atomic E-state index is 11.2. The third-order valence-corrected chi connectivity index (χ3v) is 2.70. The Morgan fingerprint density at radius 2 is 2.21 bits per heavy atom. The number of anilines is 1. The first-order chi connectivity index (χ1) is 9.06. The van der Waals surface area contributed by atoms with Gasteiger partial charge >= 0.3 is 5.69 Å². The molecule has 0 aromatic carbocycles. The van der Waals surface area contributed by atoms with Crippen LogP contribution >= 0.6 is 0 Å². The lowest BCUT2D eigenvalue weighted by atomic mass is 10.2. The smallest absolute Gasteiger partial charge is 0.316 e. The second-order valence-corrected chi connectivity index (χ2v) is 3.92. The number of aryl methyl sites for hydroxylation is 2. The average molecular weight is 262 g/mol. The highest BCUT2D eigenvalue weighted by Gasteiger charge is 2.23. The Kier molecular flexibility index (Phi) is 3.41. The Morgan fingerprint density at radius 3 is 2.74 bits per heavy atom. The van der Waals surface area contributed by atoms with Crippen molar-refractivity contribution in [1.82, 2.24) is 19.7 Å². The summed E-state index contributed by atoms with van der Waals surface area (Å²) in [7, 11) is 1.67. The highest BCUT2D eigenvalue weighted by Crippen LogP contribution is 2.30. The Bertz CT molecular complexity index is 622. The highest BCUT2D eigenvalue weighted by molar-refractivity contribution is 5.70. The Labute approximate surface area is 109 Å². The maximum absolute atomic E-state index is 11.2. The molecule has 2 rings (SSSR count). The van der Waals surface area contributed by atoms with Crippen molar-refractivity contribution in [3.05, 3.63) is 28.2 Å². The van der Waals surface area contributed by atoms with Crippen LogP contribution in [0.4, 0.5) is 11.6 Å². The Morgan fingerprint density at radius 1 is 1.47 bits per heavy atom. The van der Waals surface area contributed by atoms with Gasteiger partial charge in [-0.2, -0.15) is 5.10 Å². The van der Waals surface area contributed by atoms with Crippen LogP contribution in [0.1, 0.15) is 12.6 Å². The largest absolute Gasteiger partial charge is 0.357 e. The van der Waals surface area contributed by atoms with Crippen molar-refractivity contribution in [3.8, 4) is 11.3 Å². The summed E-state index contributed by atoms with van der Waals surface area (Å²) in [5, 5.41) is 18.1. The van der Waals surface area contributed by atoms with E-state index >= 15 is 0 Å². The zero-order valence-electron chi connectivity index (χ0n) is 10.9. The molecule has 1 N–H and O–H groups in total. The third kappa shape index (κ3) is 2.37. The van der Waals surface area contributed by atoms with Crippen LogP contribution < -0.4 is 5.32 Å². The third-order valence-electron chi connectivity index (χ3n) is 2.70. The van der Waals surface area contributed by atoms with Crippen molar-refractivity contribution in [2.24, 2.45) is 0 Å².